The average Bonchev–Trinajstić information content (AvgIpc) is 3.52. The molecule has 1 aliphatic rings. The number of hydrogen-bond acceptors (Lipinski definition) is 9. The molecule has 1 aliphatic heterocycles. The Morgan fingerprint density at radius 2 is 1.89 bits per heavy atom. The first-order valence-electron chi connectivity index (χ1n) is 11.2. The van der Waals surface area contributed by atoms with E-state index >= 15 is 0 Å². The molecule has 2 aromatic heterocycles. The molecule has 37 heavy (non-hydrogen) atoms. The quantitative estimate of drug-likeness (QED) is 0.277. The summed E-state index contributed by atoms with van der Waals surface area (Å²) >= 11 is 1.21. The normalized spacial score (nSPS) is 11.9. The highest BCUT2D eigenvalue weighted by Gasteiger charge is 2.18. The Bertz CT molecular complexity index is 1520. The number of carbonyl (C=O) groups excluding carboxylic acids is 1. The summed E-state index contributed by atoms with van der Waals surface area (Å²) in [4.78, 5) is 40.8. The summed E-state index contributed by atoms with van der Waals surface area (Å²) in [5.74, 6) is 2.41. The molecule has 0 spiro atoms. The Balaban J connectivity index is 1.32. The topological polar surface area (TPSA) is 153 Å². The predicted molar refractivity (Wildman–Crippen MR) is 134 cm³/mol. The fourth-order valence-corrected chi connectivity index (χ4v) is 4.52. The van der Waals surface area contributed by atoms with Gasteiger partial charge < -0.3 is 24.5 Å². The monoisotopic (exact) mass is 522 g/mol. The molecule has 1 amide bonds. The van der Waals surface area contributed by atoms with Gasteiger partial charge in [-0.15, -0.1) is 10.2 Å². The van der Waals surface area contributed by atoms with E-state index in [9.17, 15) is 14.4 Å². The van der Waals surface area contributed by atoms with Gasteiger partial charge in [0.05, 0.1) is 12.9 Å². The van der Waals surface area contributed by atoms with Crippen LogP contribution in [0.2, 0.25) is 0 Å². The van der Waals surface area contributed by atoms with Crippen molar-refractivity contribution >= 4 is 17.7 Å². The second-order valence-electron chi connectivity index (χ2n) is 7.97. The number of aromatic nitrogens is 5. The summed E-state index contributed by atoms with van der Waals surface area (Å²) < 4.78 is 17.7. The van der Waals surface area contributed by atoms with Crippen LogP contribution in [0.25, 0.3) is 5.69 Å². The second-order valence-corrected chi connectivity index (χ2v) is 8.92. The highest BCUT2D eigenvalue weighted by atomic mass is 32.2. The summed E-state index contributed by atoms with van der Waals surface area (Å²) in [6, 6.07) is 14.1. The largest absolute Gasteiger partial charge is 0.497 e. The van der Waals surface area contributed by atoms with E-state index in [1.807, 2.05) is 30.3 Å². The van der Waals surface area contributed by atoms with Crippen LogP contribution in [-0.4, -0.2) is 50.3 Å². The van der Waals surface area contributed by atoms with E-state index in [-0.39, 0.29) is 24.9 Å². The van der Waals surface area contributed by atoms with E-state index in [4.69, 9.17) is 14.2 Å². The van der Waals surface area contributed by atoms with Gasteiger partial charge in [0.2, 0.25) is 12.7 Å². The molecule has 2 aromatic carbocycles. The zero-order chi connectivity index (χ0) is 25.8. The zero-order valence-electron chi connectivity index (χ0n) is 19.6. The first-order valence-corrected chi connectivity index (χ1v) is 12.2. The Labute approximate surface area is 214 Å². The van der Waals surface area contributed by atoms with E-state index in [0.717, 1.165) is 11.3 Å². The van der Waals surface area contributed by atoms with Gasteiger partial charge in [0.25, 0.3) is 5.56 Å². The highest BCUT2D eigenvalue weighted by molar-refractivity contribution is 7.99. The maximum atomic E-state index is 12.6. The number of amides is 1. The van der Waals surface area contributed by atoms with Crippen molar-refractivity contribution < 1.29 is 19.0 Å². The van der Waals surface area contributed by atoms with E-state index in [1.54, 1.807) is 23.8 Å². The van der Waals surface area contributed by atoms with E-state index in [2.05, 4.69) is 25.5 Å². The lowest BCUT2D eigenvalue weighted by atomic mass is 10.2. The van der Waals surface area contributed by atoms with Crippen LogP contribution in [0.3, 0.4) is 0 Å². The summed E-state index contributed by atoms with van der Waals surface area (Å²) in [5.41, 5.74) is 0.887. The van der Waals surface area contributed by atoms with E-state index < -0.39 is 11.2 Å². The fourth-order valence-electron chi connectivity index (χ4n) is 3.72. The minimum Gasteiger partial charge on any atom is -0.497 e. The van der Waals surface area contributed by atoms with Crippen molar-refractivity contribution in [2.24, 2.45) is 0 Å². The zero-order valence-corrected chi connectivity index (χ0v) is 20.5. The van der Waals surface area contributed by atoms with Crippen molar-refractivity contribution in [3.8, 4) is 22.9 Å². The molecular formula is C24H22N6O6S. The second kappa shape index (κ2) is 10.6. The van der Waals surface area contributed by atoms with Gasteiger partial charge in [0.15, 0.2) is 16.7 Å². The van der Waals surface area contributed by atoms with Gasteiger partial charge in [-0.05, 0) is 42.0 Å². The molecule has 5 rings (SSSR count). The number of hydrogen-bond donors (Lipinski definition) is 3. The van der Waals surface area contributed by atoms with Crippen LogP contribution in [0.15, 0.2) is 63.3 Å². The standard InChI is InChI=1S/C24H22N6O6S/c1-34-17-5-3-16(4-6-17)30-20(9-15-10-21(31)27-23(33)26-15)28-29-24(30)37-12-22(32)25-11-14-2-7-18-19(8-14)36-13-35-18/h2-8,10H,9,11-13H2,1H3,(H,25,32)(H2,26,27,31,33). The van der Waals surface area contributed by atoms with Gasteiger partial charge in [-0.3, -0.25) is 19.1 Å². The summed E-state index contributed by atoms with van der Waals surface area (Å²) in [5, 5.41) is 11.9. The minimum absolute atomic E-state index is 0.0979. The summed E-state index contributed by atoms with van der Waals surface area (Å²) in [6.45, 7) is 0.526. The molecule has 12 nitrogen and oxygen atoms in total. The number of nitrogens with zero attached hydrogens (tertiary/aromatic N) is 3. The third kappa shape index (κ3) is 5.67. The maximum absolute atomic E-state index is 12.6. The molecule has 0 aliphatic carbocycles. The van der Waals surface area contributed by atoms with Crippen LogP contribution in [0.4, 0.5) is 0 Å². The van der Waals surface area contributed by atoms with Gasteiger partial charge in [-0.2, -0.15) is 0 Å². The third-order valence-corrected chi connectivity index (χ3v) is 6.38. The Morgan fingerprint density at radius 3 is 2.68 bits per heavy atom. The number of benzene rings is 2. The molecule has 0 atom stereocenters. The number of fused-ring (bicyclic) bond motifs is 1. The number of thioether (sulfide) groups is 1. The maximum Gasteiger partial charge on any atom is 0.325 e. The highest BCUT2D eigenvalue weighted by Crippen LogP contribution is 2.32. The van der Waals surface area contributed by atoms with Gasteiger partial charge in [-0.1, -0.05) is 17.8 Å². The van der Waals surface area contributed by atoms with Crippen LogP contribution in [0.5, 0.6) is 17.2 Å². The van der Waals surface area contributed by atoms with Crippen LogP contribution in [-0.2, 0) is 17.8 Å². The number of carbonyl (C=O) groups is 1. The first-order chi connectivity index (χ1) is 18.0. The number of rotatable bonds is 9. The van der Waals surface area contributed by atoms with Crippen LogP contribution >= 0.6 is 11.8 Å². The SMILES string of the molecule is COc1ccc(-n2c(Cc3cc(=O)[nH]c(=O)[nH]3)nnc2SCC(=O)NCc2ccc3c(c2)OCO3)cc1. The van der Waals surface area contributed by atoms with Gasteiger partial charge in [-0.25, -0.2) is 4.79 Å². The first kappa shape index (κ1) is 24.2. The average molecular weight is 523 g/mol. The Hall–Kier alpha value is -4.52. The Morgan fingerprint density at radius 1 is 1.08 bits per heavy atom. The molecule has 13 heteroatoms. The number of nitrogens with one attached hydrogen (secondary N) is 3. The Kier molecular flexibility index (Phi) is 6.94. The smallest absolute Gasteiger partial charge is 0.325 e. The molecule has 0 bridgehead atoms. The number of methoxy groups -OCH3 is 1. The van der Waals surface area contributed by atoms with Gasteiger partial charge in [0, 0.05) is 30.4 Å². The molecule has 0 unspecified atom stereocenters. The van der Waals surface area contributed by atoms with Crippen molar-refractivity contribution in [3.63, 3.8) is 0 Å². The molecule has 3 N–H and O–H groups in total. The van der Waals surface area contributed by atoms with Crippen LogP contribution < -0.4 is 30.8 Å². The van der Waals surface area contributed by atoms with E-state index in [0.29, 0.717) is 40.5 Å². The molecule has 0 saturated heterocycles. The predicted octanol–water partition coefficient (Wildman–Crippen LogP) is 1.38. The van der Waals surface area contributed by atoms with Crippen molar-refractivity contribution in [2.75, 3.05) is 19.7 Å². The molecule has 3 heterocycles. The number of aromatic amines is 2. The van der Waals surface area contributed by atoms with E-state index in [1.165, 1.54) is 17.8 Å². The molecule has 4 aromatic rings. The lowest BCUT2D eigenvalue weighted by Gasteiger charge is -2.11. The molecule has 0 fully saturated rings. The number of H-pyrrole nitrogens is 2. The van der Waals surface area contributed by atoms with Crippen LogP contribution in [0, 0.1) is 0 Å². The van der Waals surface area contributed by atoms with Crippen molar-refractivity contribution in [3.05, 3.63) is 86.5 Å². The fraction of sp³-hybridized carbons (Fsp3) is 0.208. The van der Waals surface area contributed by atoms with Crippen molar-refractivity contribution in [1.82, 2.24) is 30.0 Å². The molecule has 190 valence electrons. The lowest BCUT2D eigenvalue weighted by molar-refractivity contribution is -0.118. The van der Waals surface area contributed by atoms with Crippen molar-refractivity contribution in [1.29, 1.82) is 0 Å². The van der Waals surface area contributed by atoms with Crippen LogP contribution in [0.1, 0.15) is 17.1 Å². The van der Waals surface area contributed by atoms with Gasteiger partial charge in [0.1, 0.15) is 11.6 Å². The summed E-state index contributed by atoms with van der Waals surface area (Å²) in [7, 11) is 1.58. The summed E-state index contributed by atoms with van der Waals surface area (Å²) in [6.07, 6.45) is 0.148. The minimum atomic E-state index is -0.605. The molecule has 0 saturated carbocycles. The molecule has 0 radical (unpaired) electrons. The molecular weight excluding hydrogens is 500 g/mol. The lowest BCUT2D eigenvalue weighted by Crippen LogP contribution is -2.24. The number of ether oxygens (including phenoxy) is 3. The van der Waals surface area contributed by atoms with Gasteiger partial charge >= 0.3 is 5.69 Å². The van der Waals surface area contributed by atoms with Crippen molar-refractivity contribution in [2.45, 2.75) is 18.1 Å². The third-order valence-electron chi connectivity index (χ3n) is 5.45.